The van der Waals surface area contributed by atoms with E-state index in [1.54, 1.807) is 12.3 Å². The van der Waals surface area contributed by atoms with Crippen LogP contribution in [-0.4, -0.2) is 28.8 Å². The third-order valence-corrected chi connectivity index (χ3v) is 7.00. The van der Waals surface area contributed by atoms with E-state index < -0.39 is 0 Å². The van der Waals surface area contributed by atoms with E-state index in [-0.39, 0.29) is 43.9 Å². The summed E-state index contributed by atoms with van der Waals surface area (Å²) in [6.07, 6.45) is 7.40. The van der Waals surface area contributed by atoms with Crippen LogP contribution in [0.1, 0.15) is 59.2 Å². The standard InChI is InChI=1S/C26H28N2O3.C2H6.CH4/c1-16-13-24-25(17(2)31-26(24)30)23(21(16)11-12-29)10-9-20-8-7-19(15-28-20)22-6-4-3-5-18(22)14-27;1-2;/h3-10,15-17,21,23-25,29H,11-13H2,1-2H3;1-2H3;1H4/b10-9+;;. The maximum atomic E-state index is 12.3. The van der Waals surface area contributed by atoms with Crippen molar-refractivity contribution < 1.29 is 14.6 Å². The van der Waals surface area contributed by atoms with Crippen LogP contribution in [0.25, 0.3) is 17.2 Å². The minimum atomic E-state index is -0.112. The number of aliphatic hydroxyl groups is 1. The number of nitriles is 1. The summed E-state index contributed by atoms with van der Waals surface area (Å²) in [4.78, 5) is 16.9. The van der Waals surface area contributed by atoms with Gasteiger partial charge in [0.1, 0.15) is 6.10 Å². The predicted molar refractivity (Wildman–Crippen MR) is 136 cm³/mol. The number of aliphatic hydroxyl groups excluding tert-OH is 1. The first-order valence-corrected chi connectivity index (χ1v) is 12.0. The number of hydrogen-bond donors (Lipinski definition) is 1. The van der Waals surface area contributed by atoms with Crippen LogP contribution in [0, 0.1) is 40.9 Å². The number of cyclic esters (lactones) is 1. The first-order valence-electron chi connectivity index (χ1n) is 12.0. The van der Waals surface area contributed by atoms with Gasteiger partial charge in [-0.1, -0.05) is 58.5 Å². The summed E-state index contributed by atoms with van der Waals surface area (Å²) in [6, 6.07) is 13.6. The number of aromatic nitrogens is 1. The Kier molecular flexibility index (Phi) is 10.0. The number of pyridine rings is 1. The molecule has 5 nitrogen and oxygen atoms in total. The fourth-order valence-electron chi connectivity index (χ4n) is 5.51. The van der Waals surface area contributed by atoms with Crippen LogP contribution in [0.4, 0.5) is 0 Å². The Morgan fingerprint density at radius 2 is 1.94 bits per heavy atom. The topological polar surface area (TPSA) is 83.2 Å². The fourth-order valence-corrected chi connectivity index (χ4v) is 5.51. The molecule has 182 valence electrons. The van der Waals surface area contributed by atoms with Gasteiger partial charge < -0.3 is 9.84 Å². The van der Waals surface area contributed by atoms with Crippen LogP contribution in [-0.2, 0) is 9.53 Å². The van der Waals surface area contributed by atoms with Crippen molar-refractivity contribution in [1.82, 2.24) is 4.98 Å². The Hall–Kier alpha value is -2.97. The van der Waals surface area contributed by atoms with Crippen LogP contribution in [0.2, 0.25) is 0 Å². The number of ether oxygens (including phenoxy) is 1. The second-order valence-electron chi connectivity index (χ2n) is 8.78. The molecule has 2 aliphatic rings. The number of esters is 1. The molecular formula is C29H38N2O3. The number of benzene rings is 1. The number of rotatable bonds is 5. The smallest absolute Gasteiger partial charge is 0.309 e. The molecule has 2 fully saturated rings. The summed E-state index contributed by atoms with van der Waals surface area (Å²) in [5, 5.41) is 19.0. The molecule has 6 unspecified atom stereocenters. The molecule has 2 aromatic rings. The lowest BCUT2D eigenvalue weighted by molar-refractivity contribution is -0.144. The molecule has 4 rings (SSSR count). The van der Waals surface area contributed by atoms with Gasteiger partial charge in [0.25, 0.3) is 0 Å². The largest absolute Gasteiger partial charge is 0.462 e. The van der Waals surface area contributed by atoms with Gasteiger partial charge in [0.2, 0.25) is 0 Å². The zero-order valence-corrected chi connectivity index (χ0v) is 19.9. The molecule has 1 saturated carbocycles. The van der Waals surface area contributed by atoms with E-state index in [1.165, 1.54) is 0 Å². The lowest BCUT2D eigenvalue weighted by Gasteiger charge is -2.42. The van der Waals surface area contributed by atoms with Crippen LogP contribution >= 0.6 is 0 Å². The van der Waals surface area contributed by atoms with Crippen molar-refractivity contribution in [3.63, 3.8) is 0 Å². The van der Waals surface area contributed by atoms with Crippen LogP contribution in [0.15, 0.2) is 48.7 Å². The Morgan fingerprint density at radius 3 is 2.59 bits per heavy atom. The molecule has 1 saturated heterocycles. The van der Waals surface area contributed by atoms with Crippen molar-refractivity contribution in [2.24, 2.45) is 29.6 Å². The van der Waals surface area contributed by atoms with Gasteiger partial charge in [0.15, 0.2) is 0 Å². The minimum absolute atomic E-state index is 0. The van der Waals surface area contributed by atoms with E-state index in [1.807, 2.05) is 57.2 Å². The van der Waals surface area contributed by atoms with E-state index in [9.17, 15) is 15.2 Å². The third-order valence-electron chi connectivity index (χ3n) is 7.00. The fraction of sp³-hybridized carbons (Fsp3) is 0.483. The Morgan fingerprint density at radius 1 is 1.21 bits per heavy atom. The second-order valence-corrected chi connectivity index (χ2v) is 8.78. The third kappa shape index (κ3) is 5.56. The lowest BCUT2D eigenvalue weighted by atomic mass is 9.61. The minimum Gasteiger partial charge on any atom is -0.462 e. The van der Waals surface area contributed by atoms with Crippen molar-refractivity contribution in [3.05, 3.63) is 59.9 Å². The van der Waals surface area contributed by atoms with E-state index in [4.69, 9.17) is 4.74 Å². The summed E-state index contributed by atoms with van der Waals surface area (Å²) in [5.74, 6) is 0.803. The molecular weight excluding hydrogens is 424 g/mol. The van der Waals surface area contributed by atoms with Crippen molar-refractivity contribution in [2.75, 3.05) is 6.61 Å². The number of carbonyl (C=O) groups excluding carboxylic acids is 1. The molecule has 34 heavy (non-hydrogen) atoms. The summed E-state index contributed by atoms with van der Waals surface area (Å²) in [7, 11) is 0. The van der Waals surface area contributed by atoms with Gasteiger partial charge in [-0.2, -0.15) is 5.26 Å². The highest BCUT2D eigenvalue weighted by Gasteiger charge is 2.52. The van der Waals surface area contributed by atoms with Crippen LogP contribution in [0.5, 0.6) is 0 Å². The molecule has 1 aliphatic carbocycles. The highest BCUT2D eigenvalue weighted by atomic mass is 16.6. The molecule has 1 aromatic heterocycles. The van der Waals surface area contributed by atoms with Gasteiger partial charge in [-0.15, -0.1) is 0 Å². The zero-order chi connectivity index (χ0) is 24.0. The summed E-state index contributed by atoms with van der Waals surface area (Å²) in [6.45, 7) is 8.30. The predicted octanol–water partition coefficient (Wildman–Crippen LogP) is 6.13. The number of hydrogen-bond acceptors (Lipinski definition) is 5. The average Bonchev–Trinajstić information content (AvgIpc) is 3.13. The van der Waals surface area contributed by atoms with Gasteiger partial charge >= 0.3 is 5.97 Å². The Labute approximate surface area is 204 Å². The molecule has 0 bridgehead atoms. The molecule has 1 aromatic carbocycles. The number of fused-ring (bicyclic) bond motifs is 1. The number of nitrogens with zero attached hydrogens (tertiary/aromatic N) is 2. The molecule has 0 spiro atoms. The Balaban J connectivity index is 0.00000133. The number of allylic oxidation sites excluding steroid dienone is 1. The molecule has 1 aliphatic heterocycles. The van der Waals surface area contributed by atoms with Crippen molar-refractivity contribution in [1.29, 1.82) is 5.26 Å². The van der Waals surface area contributed by atoms with Gasteiger partial charge in [0, 0.05) is 29.8 Å². The highest BCUT2D eigenvalue weighted by Crippen LogP contribution is 2.50. The van der Waals surface area contributed by atoms with Gasteiger partial charge in [-0.25, -0.2) is 0 Å². The molecule has 0 radical (unpaired) electrons. The Bertz CT molecular complexity index is 1010. The van der Waals surface area contributed by atoms with Crippen LogP contribution in [0.3, 0.4) is 0 Å². The number of carbonyl (C=O) groups is 1. The molecule has 6 atom stereocenters. The quantitative estimate of drug-likeness (QED) is 0.541. The van der Waals surface area contributed by atoms with E-state index in [0.717, 1.165) is 29.7 Å². The van der Waals surface area contributed by atoms with E-state index in [2.05, 4.69) is 24.1 Å². The maximum absolute atomic E-state index is 12.3. The van der Waals surface area contributed by atoms with Crippen molar-refractivity contribution in [2.45, 2.75) is 54.1 Å². The van der Waals surface area contributed by atoms with Gasteiger partial charge in [-0.05, 0) is 55.7 Å². The lowest BCUT2D eigenvalue weighted by Crippen LogP contribution is -2.41. The van der Waals surface area contributed by atoms with Crippen molar-refractivity contribution >= 4 is 12.0 Å². The summed E-state index contributed by atoms with van der Waals surface area (Å²) in [5.41, 5.74) is 3.23. The van der Waals surface area contributed by atoms with E-state index in [0.29, 0.717) is 17.4 Å². The molecule has 2 heterocycles. The van der Waals surface area contributed by atoms with Gasteiger partial charge in [-0.3, -0.25) is 9.78 Å². The zero-order valence-electron chi connectivity index (χ0n) is 19.9. The monoisotopic (exact) mass is 462 g/mol. The average molecular weight is 463 g/mol. The SMILES string of the molecule is C.CC.CC1CC2C(=O)OC(C)C2C(/C=C/c2ccc(-c3ccccc3C#N)cn2)C1CCO. The highest BCUT2D eigenvalue weighted by molar-refractivity contribution is 5.75. The van der Waals surface area contributed by atoms with Crippen molar-refractivity contribution in [3.8, 4) is 17.2 Å². The van der Waals surface area contributed by atoms with Crippen LogP contribution < -0.4 is 0 Å². The first-order chi connectivity index (χ1) is 16.0. The second kappa shape index (κ2) is 12.5. The summed E-state index contributed by atoms with van der Waals surface area (Å²) < 4.78 is 5.57. The summed E-state index contributed by atoms with van der Waals surface area (Å²) >= 11 is 0. The van der Waals surface area contributed by atoms with E-state index >= 15 is 0 Å². The normalized spacial score (nSPS) is 27.6. The molecule has 0 amide bonds. The van der Waals surface area contributed by atoms with Gasteiger partial charge in [0.05, 0.1) is 23.2 Å². The maximum Gasteiger partial charge on any atom is 0.309 e. The molecule has 1 N–H and O–H groups in total. The molecule has 5 heteroatoms. The first kappa shape index (κ1) is 27.3.